The van der Waals surface area contributed by atoms with Crippen LogP contribution in [0, 0.1) is 5.92 Å². The second-order valence-corrected chi connectivity index (χ2v) is 4.94. The predicted molar refractivity (Wildman–Crippen MR) is 70.0 cm³/mol. The smallest absolute Gasteiger partial charge is 0.276 e. The van der Waals surface area contributed by atoms with Gasteiger partial charge in [0.1, 0.15) is 0 Å². The van der Waals surface area contributed by atoms with Crippen LogP contribution in [0.4, 0.5) is 4.39 Å². The van der Waals surface area contributed by atoms with Crippen LogP contribution < -0.4 is 5.56 Å². The van der Waals surface area contributed by atoms with Gasteiger partial charge in [-0.25, -0.2) is 9.37 Å². The third kappa shape index (κ3) is 1.63. The Bertz CT molecular complexity index is 723. The molecule has 2 heterocycles. The van der Waals surface area contributed by atoms with E-state index in [1.54, 1.807) is 6.07 Å². The summed E-state index contributed by atoms with van der Waals surface area (Å²) in [6.07, 6.45) is -0.101. The van der Waals surface area contributed by atoms with E-state index >= 15 is 0 Å². The normalized spacial score (nSPS) is 30.2. The molecule has 0 spiro atoms. The fraction of sp³-hybridized carbons (Fsp3) is 0.385. The number of nitrogens with one attached hydrogen (secondary N) is 1. The van der Waals surface area contributed by atoms with Crippen molar-refractivity contribution in [1.82, 2.24) is 14.5 Å². The maximum atomic E-state index is 14.3. The summed E-state index contributed by atoms with van der Waals surface area (Å²) in [6.45, 7) is 3.41. The predicted octanol–water partition coefficient (Wildman–Crippen LogP) is 0.143. The van der Waals surface area contributed by atoms with E-state index in [1.165, 1.54) is 17.1 Å². The van der Waals surface area contributed by atoms with Crippen molar-refractivity contribution < 1.29 is 14.6 Å². The first-order valence-electron chi connectivity index (χ1n) is 6.22. The maximum absolute atomic E-state index is 14.3. The van der Waals surface area contributed by atoms with Crippen molar-refractivity contribution in [2.75, 3.05) is 6.61 Å². The second-order valence-electron chi connectivity index (χ2n) is 4.94. The molecule has 7 heteroatoms. The molecule has 1 saturated carbocycles. The Balaban J connectivity index is 2.14. The molecule has 4 atom stereocenters. The highest BCUT2D eigenvalue weighted by molar-refractivity contribution is 5.74. The quantitative estimate of drug-likeness (QED) is 0.682. The molecule has 3 rings (SSSR count). The van der Waals surface area contributed by atoms with Crippen LogP contribution in [0.15, 0.2) is 35.5 Å². The van der Waals surface area contributed by atoms with Gasteiger partial charge in [-0.15, -0.1) is 0 Å². The maximum Gasteiger partial charge on any atom is 0.276 e. The average molecular weight is 279 g/mol. The first kappa shape index (κ1) is 13.0. The molecule has 0 saturated heterocycles. The first-order valence-corrected chi connectivity index (χ1v) is 6.22. The summed E-state index contributed by atoms with van der Waals surface area (Å²) in [7, 11) is 0. The third-order valence-electron chi connectivity index (χ3n) is 3.90. The van der Waals surface area contributed by atoms with Gasteiger partial charge in [0.15, 0.2) is 11.7 Å². The molecule has 0 aromatic carbocycles. The van der Waals surface area contributed by atoms with E-state index in [2.05, 4.69) is 16.5 Å². The number of aromatic nitrogens is 3. The number of alkyl halides is 1. The molecule has 1 aliphatic rings. The molecular formula is C13H14FN3O3. The Morgan fingerprint density at radius 2 is 2.30 bits per heavy atom. The topological polar surface area (TPSA) is 91.1 Å². The van der Waals surface area contributed by atoms with Crippen molar-refractivity contribution in [2.45, 2.75) is 18.3 Å². The Hall–Kier alpha value is -1.99. The van der Waals surface area contributed by atoms with E-state index in [4.69, 9.17) is 0 Å². The summed E-state index contributed by atoms with van der Waals surface area (Å²) in [4.78, 5) is 18.1. The summed E-state index contributed by atoms with van der Waals surface area (Å²) in [6, 6.07) is 0.775. The van der Waals surface area contributed by atoms with Crippen LogP contribution >= 0.6 is 0 Å². The molecule has 1 fully saturated rings. The van der Waals surface area contributed by atoms with Gasteiger partial charge in [-0.3, -0.25) is 4.79 Å². The van der Waals surface area contributed by atoms with Crippen LogP contribution in [-0.4, -0.2) is 43.6 Å². The number of aromatic amines is 1. The largest absolute Gasteiger partial charge is 0.396 e. The lowest BCUT2D eigenvalue weighted by molar-refractivity contribution is 0.0426. The molecule has 20 heavy (non-hydrogen) atoms. The van der Waals surface area contributed by atoms with Crippen LogP contribution in [0.25, 0.3) is 11.0 Å². The summed E-state index contributed by atoms with van der Waals surface area (Å²) >= 11 is 0. The molecule has 0 radical (unpaired) electrons. The van der Waals surface area contributed by atoms with Gasteiger partial charge in [-0.2, -0.15) is 0 Å². The molecule has 1 aliphatic carbocycles. The van der Waals surface area contributed by atoms with Crippen LogP contribution in [0.3, 0.4) is 0 Å². The van der Waals surface area contributed by atoms with Gasteiger partial charge in [-0.05, 0) is 11.6 Å². The van der Waals surface area contributed by atoms with Crippen molar-refractivity contribution in [3.63, 3.8) is 0 Å². The van der Waals surface area contributed by atoms with Crippen LogP contribution in [0.2, 0.25) is 0 Å². The lowest BCUT2D eigenvalue weighted by atomic mass is 10.0. The molecule has 1 unspecified atom stereocenters. The van der Waals surface area contributed by atoms with E-state index in [1.807, 2.05) is 0 Å². The van der Waals surface area contributed by atoms with Crippen LogP contribution in [0.5, 0.6) is 0 Å². The highest BCUT2D eigenvalue weighted by Crippen LogP contribution is 2.42. The molecule has 2 aromatic rings. The number of aliphatic hydroxyl groups excluding tert-OH is 2. The Labute approximate surface area is 113 Å². The Kier molecular flexibility index (Phi) is 2.95. The highest BCUT2D eigenvalue weighted by atomic mass is 19.1. The molecule has 0 aliphatic heterocycles. The molecule has 6 nitrogen and oxygen atoms in total. The lowest BCUT2D eigenvalue weighted by Gasteiger charge is -2.17. The van der Waals surface area contributed by atoms with Gasteiger partial charge in [0.05, 0.1) is 30.6 Å². The average Bonchev–Trinajstić information content (AvgIpc) is 2.92. The Morgan fingerprint density at radius 3 is 2.95 bits per heavy atom. The van der Waals surface area contributed by atoms with E-state index < -0.39 is 24.2 Å². The SMILES string of the molecule is C=C1[C@@H](n2cnc3c(=O)[nH]ccc32)C(F)[C@H](O)[C@H]1CO. The van der Waals surface area contributed by atoms with Gasteiger partial charge < -0.3 is 19.8 Å². The standard InChI is InChI=1S/C13H14FN3O3/c1-6-7(4-18)12(19)9(14)11(6)17-5-16-10-8(17)2-3-15-13(10)20/h2-3,5,7,9,11-12,18-19H,1,4H2,(H,15,20)/t7-,9?,11+,12+/m0/s1. The van der Waals surface area contributed by atoms with Crippen molar-refractivity contribution in [3.05, 3.63) is 41.1 Å². The van der Waals surface area contributed by atoms with E-state index in [0.29, 0.717) is 11.1 Å². The zero-order chi connectivity index (χ0) is 14.4. The number of aliphatic hydroxyl groups is 2. The van der Waals surface area contributed by atoms with Gasteiger partial charge in [0, 0.05) is 12.1 Å². The second kappa shape index (κ2) is 4.53. The van der Waals surface area contributed by atoms with Gasteiger partial charge in [0.2, 0.25) is 0 Å². The van der Waals surface area contributed by atoms with E-state index in [0.717, 1.165) is 0 Å². The first-order chi connectivity index (χ1) is 9.56. The number of hydrogen-bond acceptors (Lipinski definition) is 4. The highest BCUT2D eigenvalue weighted by Gasteiger charge is 2.46. The molecule has 106 valence electrons. The monoisotopic (exact) mass is 279 g/mol. The van der Waals surface area contributed by atoms with E-state index in [9.17, 15) is 19.4 Å². The minimum absolute atomic E-state index is 0.203. The van der Waals surface area contributed by atoms with Crippen molar-refractivity contribution in [1.29, 1.82) is 0 Å². The van der Waals surface area contributed by atoms with Crippen molar-refractivity contribution in [3.8, 4) is 0 Å². The number of rotatable bonds is 2. The number of pyridine rings is 1. The minimum Gasteiger partial charge on any atom is -0.396 e. The lowest BCUT2D eigenvalue weighted by Crippen LogP contribution is -2.26. The number of hydrogen-bond donors (Lipinski definition) is 3. The zero-order valence-electron chi connectivity index (χ0n) is 10.5. The summed E-state index contributed by atoms with van der Waals surface area (Å²) < 4.78 is 15.8. The van der Waals surface area contributed by atoms with Crippen LogP contribution in [0.1, 0.15) is 6.04 Å². The van der Waals surface area contributed by atoms with E-state index in [-0.39, 0.29) is 17.7 Å². The number of H-pyrrole nitrogens is 1. The summed E-state index contributed by atoms with van der Waals surface area (Å²) in [5.74, 6) is -0.713. The van der Waals surface area contributed by atoms with Gasteiger partial charge in [-0.1, -0.05) is 6.58 Å². The molecule has 0 bridgehead atoms. The molecular weight excluding hydrogens is 265 g/mol. The van der Waals surface area contributed by atoms with Crippen molar-refractivity contribution >= 4 is 11.0 Å². The Morgan fingerprint density at radius 1 is 1.55 bits per heavy atom. The molecule has 0 amide bonds. The fourth-order valence-corrected chi connectivity index (χ4v) is 2.81. The zero-order valence-corrected chi connectivity index (χ0v) is 10.5. The number of fused-ring (bicyclic) bond motifs is 1. The molecule has 2 aromatic heterocycles. The van der Waals surface area contributed by atoms with Crippen molar-refractivity contribution in [2.24, 2.45) is 5.92 Å². The van der Waals surface area contributed by atoms with Gasteiger partial charge >= 0.3 is 0 Å². The number of halogens is 1. The third-order valence-corrected chi connectivity index (χ3v) is 3.90. The van der Waals surface area contributed by atoms with Gasteiger partial charge in [0.25, 0.3) is 5.56 Å². The van der Waals surface area contributed by atoms with Crippen LogP contribution in [-0.2, 0) is 0 Å². The molecule has 3 N–H and O–H groups in total. The number of imidazole rings is 1. The summed E-state index contributed by atoms with van der Waals surface area (Å²) in [5, 5.41) is 19.1. The number of nitrogens with zero attached hydrogens (tertiary/aromatic N) is 2. The fourth-order valence-electron chi connectivity index (χ4n) is 2.81. The summed E-state index contributed by atoms with van der Waals surface area (Å²) in [5.41, 5.74) is 0.703. The minimum atomic E-state index is -1.60.